The molecule has 1 aliphatic rings. The Morgan fingerprint density at radius 2 is 1.88 bits per heavy atom. The first-order valence-electron chi connectivity index (χ1n) is 10.8. The molecular formula is C25H25N5O2. The molecule has 0 fully saturated rings. The predicted molar refractivity (Wildman–Crippen MR) is 121 cm³/mol. The fraction of sp³-hybridized carbons (Fsp3) is 0.280. The number of carbonyl (C=O) groups is 1. The predicted octanol–water partition coefficient (Wildman–Crippen LogP) is 3.83. The molecule has 3 aromatic heterocycles. The van der Waals surface area contributed by atoms with Crippen LogP contribution in [-0.4, -0.2) is 37.0 Å². The zero-order valence-electron chi connectivity index (χ0n) is 18.5. The van der Waals surface area contributed by atoms with Gasteiger partial charge >= 0.3 is 0 Å². The van der Waals surface area contributed by atoms with Gasteiger partial charge in [-0.3, -0.25) is 9.78 Å². The van der Waals surface area contributed by atoms with Crippen molar-refractivity contribution < 1.29 is 9.53 Å². The number of amides is 1. The van der Waals surface area contributed by atoms with E-state index in [1.54, 1.807) is 6.20 Å². The van der Waals surface area contributed by atoms with Gasteiger partial charge in [-0.25, -0.2) is 9.50 Å². The van der Waals surface area contributed by atoms with Crippen LogP contribution in [0.1, 0.15) is 44.3 Å². The van der Waals surface area contributed by atoms with Gasteiger partial charge in [0.25, 0.3) is 5.91 Å². The molecule has 0 aliphatic carbocycles. The van der Waals surface area contributed by atoms with Gasteiger partial charge in [0.1, 0.15) is 5.75 Å². The fourth-order valence-corrected chi connectivity index (χ4v) is 4.11. The first-order valence-corrected chi connectivity index (χ1v) is 10.8. The SMILES string of the molecule is Cc1nc2c3c(nn2c(C)c1C)CN(C(=O)c1ccccc1OCCc1ccccn1)C3. The summed E-state index contributed by atoms with van der Waals surface area (Å²) in [6.07, 6.45) is 2.45. The summed E-state index contributed by atoms with van der Waals surface area (Å²) in [6, 6.07) is 13.2. The third kappa shape index (κ3) is 3.49. The van der Waals surface area contributed by atoms with E-state index in [9.17, 15) is 4.79 Å². The van der Waals surface area contributed by atoms with Crippen molar-refractivity contribution in [1.82, 2.24) is 24.5 Å². The average Bonchev–Trinajstić information content (AvgIpc) is 3.37. The molecule has 7 heteroatoms. The number of ether oxygens (including phenoxy) is 1. The second kappa shape index (κ2) is 8.07. The Morgan fingerprint density at radius 3 is 2.69 bits per heavy atom. The number of rotatable bonds is 5. The van der Waals surface area contributed by atoms with E-state index in [0.717, 1.165) is 39.5 Å². The van der Waals surface area contributed by atoms with Gasteiger partial charge in [0.15, 0.2) is 5.65 Å². The molecule has 5 rings (SSSR count). The molecule has 0 N–H and O–H groups in total. The van der Waals surface area contributed by atoms with Crippen LogP contribution in [0.3, 0.4) is 0 Å². The second-order valence-corrected chi connectivity index (χ2v) is 8.15. The van der Waals surface area contributed by atoms with Crippen LogP contribution >= 0.6 is 0 Å². The van der Waals surface area contributed by atoms with E-state index in [1.165, 1.54) is 0 Å². The quantitative estimate of drug-likeness (QED) is 0.484. The van der Waals surface area contributed by atoms with Crippen LogP contribution in [0.15, 0.2) is 48.7 Å². The molecule has 4 aromatic rings. The molecule has 0 spiro atoms. The minimum absolute atomic E-state index is 0.0601. The number of pyridine rings is 1. The molecule has 0 atom stereocenters. The lowest BCUT2D eigenvalue weighted by Crippen LogP contribution is -2.26. The van der Waals surface area contributed by atoms with E-state index in [4.69, 9.17) is 14.8 Å². The number of hydrogen-bond donors (Lipinski definition) is 0. The van der Waals surface area contributed by atoms with Gasteiger partial charge in [0.05, 0.1) is 31.0 Å². The van der Waals surface area contributed by atoms with Gasteiger partial charge < -0.3 is 9.64 Å². The van der Waals surface area contributed by atoms with Gasteiger partial charge in [0.2, 0.25) is 0 Å². The molecule has 32 heavy (non-hydrogen) atoms. The van der Waals surface area contributed by atoms with E-state index in [1.807, 2.05) is 58.8 Å². The Bertz CT molecular complexity index is 1310. The monoisotopic (exact) mass is 427 g/mol. The first-order chi connectivity index (χ1) is 15.5. The number of hydrogen-bond acceptors (Lipinski definition) is 5. The number of aryl methyl sites for hydroxylation is 2. The Balaban J connectivity index is 1.34. The Kier molecular flexibility index (Phi) is 5.09. The van der Waals surface area contributed by atoms with Gasteiger partial charge in [0, 0.05) is 35.3 Å². The van der Waals surface area contributed by atoms with Crippen molar-refractivity contribution in [1.29, 1.82) is 0 Å². The van der Waals surface area contributed by atoms with Crippen LogP contribution in [0.5, 0.6) is 5.75 Å². The van der Waals surface area contributed by atoms with Gasteiger partial charge in [-0.2, -0.15) is 5.10 Å². The maximum atomic E-state index is 13.4. The Hall–Kier alpha value is -3.74. The van der Waals surface area contributed by atoms with Gasteiger partial charge in [-0.05, 0) is 50.6 Å². The van der Waals surface area contributed by atoms with Crippen LogP contribution in [0.25, 0.3) is 5.65 Å². The molecule has 0 bridgehead atoms. The van der Waals surface area contributed by atoms with Crippen LogP contribution in [0.2, 0.25) is 0 Å². The van der Waals surface area contributed by atoms with Crippen LogP contribution < -0.4 is 4.74 Å². The van der Waals surface area contributed by atoms with Crippen LogP contribution in [0, 0.1) is 20.8 Å². The highest BCUT2D eigenvalue weighted by atomic mass is 16.5. The highest BCUT2D eigenvalue weighted by Crippen LogP contribution is 2.30. The van der Waals surface area contributed by atoms with Crippen molar-refractivity contribution >= 4 is 11.6 Å². The second-order valence-electron chi connectivity index (χ2n) is 8.15. The summed E-state index contributed by atoms with van der Waals surface area (Å²) >= 11 is 0. The standard InChI is InChI=1S/C25H25N5O2/c1-16-17(2)27-24-21-14-29(15-22(21)28-30(24)18(16)3)25(31)20-9-4-5-10-23(20)32-13-11-19-8-6-7-12-26-19/h4-10,12H,11,13-15H2,1-3H3. The molecule has 0 radical (unpaired) electrons. The Morgan fingerprint density at radius 1 is 1.06 bits per heavy atom. The normalized spacial score (nSPS) is 12.9. The maximum Gasteiger partial charge on any atom is 0.258 e. The molecule has 1 amide bonds. The molecule has 0 saturated heterocycles. The first kappa shape index (κ1) is 20.2. The third-order valence-electron chi connectivity index (χ3n) is 6.15. The lowest BCUT2D eigenvalue weighted by Gasteiger charge is -2.18. The average molecular weight is 428 g/mol. The lowest BCUT2D eigenvalue weighted by molar-refractivity contribution is 0.0745. The zero-order valence-corrected chi connectivity index (χ0v) is 18.5. The van der Waals surface area contributed by atoms with Crippen LogP contribution in [-0.2, 0) is 19.5 Å². The number of benzene rings is 1. The largest absolute Gasteiger partial charge is 0.492 e. The zero-order chi connectivity index (χ0) is 22.2. The molecular weight excluding hydrogens is 402 g/mol. The molecule has 0 unspecified atom stereocenters. The highest BCUT2D eigenvalue weighted by molar-refractivity contribution is 5.97. The Labute approximate surface area is 186 Å². The number of nitrogens with zero attached hydrogens (tertiary/aromatic N) is 5. The van der Waals surface area contributed by atoms with Crippen molar-refractivity contribution in [2.45, 2.75) is 40.3 Å². The maximum absolute atomic E-state index is 13.4. The van der Waals surface area contributed by atoms with Crippen molar-refractivity contribution in [2.75, 3.05) is 6.61 Å². The number of para-hydroxylation sites is 1. The number of carbonyl (C=O) groups excluding carboxylic acids is 1. The van der Waals surface area contributed by atoms with Crippen LogP contribution in [0.4, 0.5) is 0 Å². The summed E-state index contributed by atoms with van der Waals surface area (Å²) in [5, 5.41) is 4.75. The molecule has 1 aromatic carbocycles. The van der Waals surface area contributed by atoms with E-state index >= 15 is 0 Å². The minimum Gasteiger partial charge on any atom is -0.492 e. The van der Waals surface area contributed by atoms with Crippen molar-refractivity contribution in [3.8, 4) is 5.75 Å². The number of fused-ring (bicyclic) bond motifs is 3. The van der Waals surface area contributed by atoms with E-state index in [2.05, 4.69) is 18.8 Å². The summed E-state index contributed by atoms with van der Waals surface area (Å²) < 4.78 is 7.88. The molecule has 162 valence electrons. The van der Waals surface area contributed by atoms with E-state index in [0.29, 0.717) is 37.4 Å². The summed E-state index contributed by atoms with van der Waals surface area (Å²) in [5.74, 6) is 0.530. The smallest absolute Gasteiger partial charge is 0.258 e. The molecule has 1 aliphatic heterocycles. The van der Waals surface area contributed by atoms with Crippen molar-refractivity contribution in [2.24, 2.45) is 0 Å². The summed E-state index contributed by atoms with van der Waals surface area (Å²) in [6.45, 7) is 7.55. The van der Waals surface area contributed by atoms with Gasteiger partial charge in [-0.1, -0.05) is 18.2 Å². The minimum atomic E-state index is -0.0601. The van der Waals surface area contributed by atoms with Gasteiger partial charge in [-0.15, -0.1) is 0 Å². The summed E-state index contributed by atoms with van der Waals surface area (Å²) in [5.41, 5.74) is 7.53. The fourth-order valence-electron chi connectivity index (χ4n) is 4.11. The van der Waals surface area contributed by atoms with E-state index < -0.39 is 0 Å². The summed E-state index contributed by atoms with van der Waals surface area (Å²) in [4.78, 5) is 24.3. The summed E-state index contributed by atoms with van der Waals surface area (Å²) in [7, 11) is 0. The third-order valence-corrected chi connectivity index (χ3v) is 6.15. The molecule has 7 nitrogen and oxygen atoms in total. The van der Waals surface area contributed by atoms with E-state index in [-0.39, 0.29) is 5.91 Å². The molecule has 0 saturated carbocycles. The lowest BCUT2D eigenvalue weighted by atomic mass is 10.1. The highest BCUT2D eigenvalue weighted by Gasteiger charge is 2.31. The topological polar surface area (TPSA) is 72.6 Å². The van der Waals surface area contributed by atoms with Crippen molar-refractivity contribution in [3.63, 3.8) is 0 Å². The molecule has 4 heterocycles. The van der Waals surface area contributed by atoms with Crippen molar-refractivity contribution in [3.05, 3.63) is 88.1 Å². The number of aromatic nitrogens is 4.